The lowest BCUT2D eigenvalue weighted by Gasteiger charge is -2.39. The van der Waals surface area contributed by atoms with E-state index in [0.717, 1.165) is 18.8 Å². The van der Waals surface area contributed by atoms with Gasteiger partial charge in [-0.1, -0.05) is 0 Å². The Bertz CT molecular complexity index is 282. The van der Waals surface area contributed by atoms with E-state index in [0.29, 0.717) is 11.6 Å². The van der Waals surface area contributed by atoms with E-state index in [9.17, 15) is 4.79 Å². The number of likely N-dealkylation sites (N-methyl/N-ethyl adjacent to an activating group) is 1. The van der Waals surface area contributed by atoms with Gasteiger partial charge in [0.1, 0.15) is 0 Å². The molecule has 86 valence electrons. The van der Waals surface area contributed by atoms with Gasteiger partial charge in [-0.2, -0.15) is 0 Å². The third kappa shape index (κ3) is 2.58. The van der Waals surface area contributed by atoms with Gasteiger partial charge in [-0.15, -0.1) is 0 Å². The van der Waals surface area contributed by atoms with Crippen LogP contribution >= 0.6 is 0 Å². The first kappa shape index (κ1) is 12.2. The Hall–Kier alpha value is -0.870. The van der Waals surface area contributed by atoms with E-state index in [1.807, 2.05) is 6.92 Å². The molecule has 1 aliphatic rings. The van der Waals surface area contributed by atoms with E-state index in [2.05, 4.69) is 18.9 Å². The van der Waals surface area contributed by atoms with Crippen LogP contribution in [-0.4, -0.2) is 43.2 Å². The van der Waals surface area contributed by atoms with Gasteiger partial charge in [-0.25, -0.2) is 0 Å². The summed E-state index contributed by atoms with van der Waals surface area (Å²) in [6, 6.07) is 0.696. The number of nitrogens with zero attached hydrogens (tertiary/aromatic N) is 1. The SMILES string of the molecule is CC(C(N)=O)=C(C)C(C)N(C)C1COC1. The van der Waals surface area contributed by atoms with Crippen LogP contribution < -0.4 is 5.73 Å². The lowest BCUT2D eigenvalue weighted by atomic mass is 10.0. The number of primary amides is 1. The summed E-state index contributed by atoms with van der Waals surface area (Å²) in [5.41, 5.74) is 6.96. The van der Waals surface area contributed by atoms with Gasteiger partial charge in [0.2, 0.25) is 5.91 Å². The third-order valence-corrected chi connectivity index (χ3v) is 3.40. The van der Waals surface area contributed by atoms with Gasteiger partial charge in [0, 0.05) is 11.6 Å². The molecular weight excluding hydrogens is 192 g/mol. The summed E-state index contributed by atoms with van der Waals surface area (Å²) in [6.07, 6.45) is 0. The first-order valence-electron chi connectivity index (χ1n) is 5.22. The zero-order valence-corrected chi connectivity index (χ0v) is 9.91. The Morgan fingerprint density at radius 1 is 1.47 bits per heavy atom. The van der Waals surface area contributed by atoms with E-state index in [1.54, 1.807) is 6.92 Å². The highest BCUT2D eigenvalue weighted by Gasteiger charge is 2.27. The largest absolute Gasteiger partial charge is 0.378 e. The van der Waals surface area contributed by atoms with Gasteiger partial charge in [-0.05, 0) is 33.4 Å². The van der Waals surface area contributed by atoms with Crippen molar-refractivity contribution < 1.29 is 9.53 Å². The minimum absolute atomic E-state index is 0.228. The van der Waals surface area contributed by atoms with E-state index in [1.165, 1.54) is 0 Å². The molecule has 1 rings (SSSR count). The molecule has 0 bridgehead atoms. The highest BCUT2D eigenvalue weighted by Crippen LogP contribution is 2.18. The molecule has 1 unspecified atom stereocenters. The Kier molecular flexibility index (Phi) is 3.88. The maximum Gasteiger partial charge on any atom is 0.244 e. The van der Waals surface area contributed by atoms with Crippen LogP contribution in [0.1, 0.15) is 20.8 Å². The average molecular weight is 212 g/mol. The predicted octanol–water partition coefficient (Wildman–Crippen LogP) is 0.527. The maximum atomic E-state index is 11.0. The molecular formula is C11H20N2O2. The van der Waals surface area contributed by atoms with Gasteiger partial charge in [0.25, 0.3) is 0 Å². The molecule has 0 saturated carbocycles. The molecule has 0 aliphatic carbocycles. The molecule has 4 nitrogen and oxygen atoms in total. The maximum absolute atomic E-state index is 11.0. The summed E-state index contributed by atoms with van der Waals surface area (Å²) in [5, 5.41) is 0. The highest BCUT2D eigenvalue weighted by atomic mass is 16.5. The number of nitrogens with two attached hydrogens (primary N) is 1. The van der Waals surface area contributed by atoms with Crippen molar-refractivity contribution in [3.8, 4) is 0 Å². The second kappa shape index (κ2) is 4.77. The molecule has 0 aromatic carbocycles. The van der Waals surface area contributed by atoms with Crippen molar-refractivity contribution in [2.75, 3.05) is 20.3 Å². The minimum Gasteiger partial charge on any atom is -0.378 e. The van der Waals surface area contributed by atoms with E-state index < -0.39 is 0 Å². The van der Waals surface area contributed by atoms with Gasteiger partial charge < -0.3 is 10.5 Å². The first-order valence-corrected chi connectivity index (χ1v) is 5.22. The van der Waals surface area contributed by atoms with Crippen LogP contribution in [0.2, 0.25) is 0 Å². The normalized spacial score (nSPS) is 20.9. The topological polar surface area (TPSA) is 55.6 Å². The number of amides is 1. The monoisotopic (exact) mass is 212 g/mol. The fourth-order valence-electron chi connectivity index (χ4n) is 1.59. The molecule has 0 aromatic heterocycles. The Morgan fingerprint density at radius 2 is 2.00 bits per heavy atom. The van der Waals surface area contributed by atoms with Crippen LogP contribution in [0.5, 0.6) is 0 Å². The fourth-order valence-corrected chi connectivity index (χ4v) is 1.59. The Labute approximate surface area is 91.1 Å². The molecule has 1 heterocycles. The smallest absolute Gasteiger partial charge is 0.244 e. The van der Waals surface area contributed by atoms with E-state index in [-0.39, 0.29) is 11.9 Å². The Morgan fingerprint density at radius 3 is 2.33 bits per heavy atom. The molecule has 4 heteroatoms. The number of hydrogen-bond donors (Lipinski definition) is 1. The average Bonchev–Trinajstić information content (AvgIpc) is 2.11. The van der Waals surface area contributed by atoms with Crippen LogP contribution in [-0.2, 0) is 9.53 Å². The number of carbonyl (C=O) groups excluding carboxylic acids is 1. The van der Waals surface area contributed by atoms with E-state index >= 15 is 0 Å². The molecule has 1 saturated heterocycles. The molecule has 1 atom stereocenters. The number of rotatable bonds is 4. The second-order valence-corrected chi connectivity index (χ2v) is 4.20. The first-order chi connectivity index (χ1) is 6.95. The van der Waals surface area contributed by atoms with Gasteiger partial charge in [0.15, 0.2) is 0 Å². The number of carbonyl (C=O) groups is 1. The van der Waals surface area contributed by atoms with Gasteiger partial charge in [-0.3, -0.25) is 9.69 Å². The lowest BCUT2D eigenvalue weighted by Crippen LogP contribution is -2.51. The Balaban J connectivity index is 2.69. The standard InChI is InChI=1S/C11H20N2O2/c1-7(8(2)11(12)14)9(3)13(4)10-5-15-6-10/h9-10H,5-6H2,1-4H3,(H2,12,14). The molecule has 0 radical (unpaired) electrons. The fraction of sp³-hybridized carbons (Fsp3) is 0.727. The number of hydrogen-bond acceptors (Lipinski definition) is 3. The quantitative estimate of drug-likeness (QED) is 0.691. The summed E-state index contributed by atoms with van der Waals surface area (Å²) in [4.78, 5) is 13.3. The van der Waals surface area contributed by atoms with E-state index in [4.69, 9.17) is 10.5 Å². The molecule has 1 aliphatic heterocycles. The van der Waals surface area contributed by atoms with Crippen molar-refractivity contribution in [3.63, 3.8) is 0 Å². The van der Waals surface area contributed by atoms with Crippen LogP contribution in [0.4, 0.5) is 0 Å². The van der Waals surface area contributed by atoms with Crippen molar-refractivity contribution in [1.29, 1.82) is 0 Å². The predicted molar refractivity (Wildman–Crippen MR) is 59.4 cm³/mol. The second-order valence-electron chi connectivity index (χ2n) is 4.20. The summed E-state index contributed by atoms with van der Waals surface area (Å²) >= 11 is 0. The summed E-state index contributed by atoms with van der Waals surface area (Å²) in [7, 11) is 2.05. The minimum atomic E-state index is -0.336. The van der Waals surface area contributed by atoms with Crippen molar-refractivity contribution in [2.24, 2.45) is 5.73 Å². The van der Waals surface area contributed by atoms with Crippen molar-refractivity contribution in [2.45, 2.75) is 32.9 Å². The summed E-state index contributed by atoms with van der Waals surface area (Å²) in [5.74, 6) is -0.336. The zero-order valence-electron chi connectivity index (χ0n) is 9.91. The summed E-state index contributed by atoms with van der Waals surface area (Å²) in [6.45, 7) is 7.38. The molecule has 0 aromatic rings. The highest BCUT2D eigenvalue weighted by molar-refractivity contribution is 5.92. The molecule has 0 spiro atoms. The van der Waals surface area contributed by atoms with Crippen LogP contribution in [0.15, 0.2) is 11.1 Å². The number of ether oxygens (including phenoxy) is 1. The van der Waals surface area contributed by atoms with Crippen LogP contribution in [0, 0.1) is 0 Å². The summed E-state index contributed by atoms with van der Waals surface area (Å²) < 4.78 is 5.14. The molecule has 15 heavy (non-hydrogen) atoms. The van der Waals surface area contributed by atoms with Crippen molar-refractivity contribution >= 4 is 5.91 Å². The molecule has 2 N–H and O–H groups in total. The zero-order chi connectivity index (χ0) is 11.6. The molecule has 1 amide bonds. The molecule has 1 fully saturated rings. The van der Waals surface area contributed by atoms with Crippen molar-refractivity contribution in [3.05, 3.63) is 11.1 Å². The van der Waals surface area contributed by atoms with Gasteiger partial charge in [0.05, 0.1) is 19.3 Å². The van der Waals surface area contributed by atoms with Gasteiger partial charge >= 0.3 is 0 Å². The van der Waals surface area contributed by atoms with Crippen molar-refractivity contribution in [1.82, 2.24) is 4.90 Å². The van der Waals surface area contributed by atoms with Crippen LogP contribution in [0.25, 0.3) is 0 Å². The van der Waals surface area contributed by atoms with Crippen LogP contribution in [0.3, 0.4) is 0 Å². The third-order valence-electron chi connectivity index (χ3n) is 3.40. The lowest BCUT2D eigenvalue weighted by molar-refractivity contribution is -0.114.